The molecule has 136 valence electrons. The Hall–Kier alpha value is -2.71. The van der Waals surface area contributed by atoms with E-state index in [9.17, 15) is 18.0 Å². The molecule has 1 heterocycles. The lowest BCUT2D eigenvalue weighted by Crippen LogP contribution is -2.29. The molecule has 2 aromatic rings. The van der Waals surface area contributed by atoms with Gasteiger partial charge in [-0.1, -0.05) is 6.07 Å². The van der Waals surface area contributed by atoms with Gasteiger partial charge in [0.15, 0.2) is 17.2 Å². The highest BCUT2D eigenvalue weighted by molar-refractivity contribution is 5.95. The normalized spacial score (nSPS) is 12.6. The van der Waals surface area contributed by atoms with Gasteiger partial charge in [0.2, 0.25) is 0 Å². The molecule has 6 nitrogen and oxygen atoms in total. The maximum Gasteiger partial charge on any atom is 0.433 e. The van der Waals surface area contributed by atoms with Crippen molar-refractivity contribution >= 4 is 5.91 Å². The molecule has 9 heteroatoms. The average Bonchev–Trinajstić information content (AvgIpc) is 2.96. The summed E-state index contributed by atoms with van der Waals surface area (Å²) in [6, 6.07) is 4.45. The average molecular weight is 357 g/mol. The minimum absolute atomic E-state index is 0.457. The molecule has 0 saturated heterocycles. The summed E-state index contributed by atoms with van der Waals surface area (Å²) in [5.74, 6) is 0.109. The molecular formula is C16H18F3N3O3. The maximum atomic E-state index is 13.1. The predicted octanol–water partition coefficient (Wildman–Crippen LogP) is 2.95. The minimum Gasteiger partial charge on any atom is -0.493 e. The second-order valence-electron chi connectivity index (χ2n) is 5.34. The third-order valence-corrected chi connectivity index (χ3v) is 3.71. The van der Waals surface area contributed by atoms with Crippen molar-refractivity contribution in [1.29, 1.82) is 0 Å². The summed E-state index contributed by atoms with van der Waals surface area (Å²) < 4.78 is 50.2. The van der Waals surface area contributed by atoms with Gasteiger partial charge in [-0.2, -0.15) is 18.3 Å². The monoisotopic (exact) mass is 357 g/mol. The van der Waals surface area contributed by atoms with Crippen LogP contribution in [0.4, 0.5) is 13.2 Å². The van der Waals surface area contributed by atoms with Crippen LogP contribution in [0.25, 0.3) is 0 Å². The molecule has 0 radical (unpaired) electrons. The quantitative estimate of drug-likeness (QED) is 0.894. The molecule has 0 saturated carbocycles. The van der Waals surface area contributed by atoms with Crippen LogP contribution >= 0.6 is 0 Å². The van der Waals surface area contributed by atoms with E-state index in [-0.39, 0.29) is 0 Å². The number of aromatic nitrogens is 2. The van der Waals surface area contributed by atoms with E-state index in [0.717, 1.165) is 13.2 Å². The van der Waals surface area contributed by atoms with Gasteiger partial charge in [0.25, 0.3) is 5.91 Å². The first kappa shape index (κ1) is 18.6. The Balaban J connectivity index is 2.24. The van der Waals surface area contributed by atoms with E-state index in [0.29, 0.717) is 21.7 Å². The number of ether oxygens (including phenoxy) is 2. The smallest absolute Gasteiger partial charge is 0.433 e. The molecular weight excluding hydrogens is 339 g/mol. The summed E-state index contributed by atoms with van der Waals surface area (Å²) in [6.07, 6.45) is -3.77. The first-order chi connectivity index (χ1) is 11.7. The number of nitrogens with one attached hydrogen (secondary N) is 1. The molecule has 0 bridgehead atoms. The van der Waals surface area contributed by atoms with Crippen LogP contribution in [0.15, 0.2) is 24.4 Å². The van der Waals surface area contributed by atoms with Crippen molar-refractivity contribution in [3.63, 3.8) is 0 Å². The van der Waals surface area contributed by atoms with Crippen molar-refractivity contribution in [3.8, 4) is 11.5 Å². The van der Waals surface area contributed by atoms with Gasteiger partial charge in [-0.3, -0.25) is 9.48 Å². The number of halogens is 3. The molecule has 0 aliphatic rings. The third kappa shape index (κ3) is 3.86. The topological polar surface area (TPSA) is 65.4 Å². The Bertz CT molecular complexity index is 772. The minimum atomic E-state index is -4.68. The first-order valence-electron chi connectivity index (χ1n) is 7.31. The van der Waals surface area contributed by atoms with E-state index in [2.05, 4.69) is 10.4 Å². The fourth-order valence-electron chi connectivity index (χ4n) is 2.42. The number of hydrogen-bond acceptors (Lipinski definition) is 4. The van der Waals surface area contributed by atoms with Gasteiger partial charge in [-0.15, -0.1) is 0 Å². The van der Waals surface area contributed by atoms with Gasteiger partial charge in [0, 0.05) is 7.05 Å². The maximum absolute atomic E-state index is 13.1. The number of aryl methyl sites for hydroxylation is 1. The standard InChI is InChI=1S/C16H18F3N3O3/c1-9(10-5-6-12(24-3)13(7-10)25-4)21-15(23)11-8-20-22(2)14(11)16(17,18)19/h5-9H,1-4H3,(H,21,23). The van der Waals surface area contributed by atoms with Crippen molar-refractivity contribution in [2.24, 2.45) is 7.05 Å². The van der Waals surface area contributed by atoms with Gasteiger partial charge in [-0.25, -0.2) is 0 Å². The zero-order valence-corrected chi connectivity index (χ0v) is 14.1. The molecule has 1 atom stereocenters. The van der Waals surface area contributed by atoms with Gasteiger partial charge < -0.3 is 14.8 Å². The van der Waals surface area contributed by atoms with Crippen LogP contribution in [0.5, 0.6) is 11.5 Å². The van der Waals surface area contributed by atoms with Gasteiger partial charge in [0.1, 0.15) is 0 Å². The van der Waals surface area contributed by atoms with Crippen molar-refractivity contribution in [1.82, 2.24) is 15.1 Å². The van der Waals surface area contributed by atoms with E-state index in [4.69, 9.17) is 9.47 Å². The number of alkyl halides is 3. The fourth-order valence-corrected chi connectivity index (χ4v) is 2.42. The number of carbonyl (C=O) groups is 1. The van der Waals surface area contributed by atoms with Crippen LogP contribution in [0.1, 0.15) is 34.6 Å². The van der Waals surface area contributed by atoms with E-state index < -0.39 is 29.4 Å². The largest absolute Gasteiger partial charge is 0.493 e. The van der Waals surface area contributed by atoms with Crippen molar-refractivity contribution < 1.29 is 27.4 Å². The molecule has 1 unspecified atom stereocenters. The number of rotatable bonds is 5. The Morgan fingerprint density at radius 2 is 1.88 bits per heavy atom. The first-order valence-corrected chi connectivity index (χ1v) is 7.31. The van der Waals surface area contributed by atoms with Gasteiger partial charge >= 0.3 is 6.18 Å². The van der Waals surface area contributed by atoms with E-state index in [1.165, 1.54) is 14.2 Å². The lowest BCUT2D eigenvalue weighted by atomic mass is 10.1. The molecule has 0 fully saturated rings. The summed E-state index contributed by atoms with van der Waals surface area (Å²) in [6.45, 7) is 1.66. The summed E-state index contributed by atoms with van der Waals surface area (Å²) >= 11 is 0. The van der Waals surface area contributed by atoms with Crippen LogP contribution < -0.4 is 14.8 Å². The molecule has 0 aliphatic carbocycles. The molecule has 25 heavy (non-hydrogen) atoms. The van der Waals surface area contributed by atoms with Crippen LogP contribution in [-0.2, 0) is 13.2 Å². The van der Waals surface area contributed by atoms with Gasteiger partial charge in [-0.05, 0) is 24.6 Å². The molecule has 1 aromatic heterocycles. The van der Waals surface area contributed by atoms with E-state index in [1.54, 1.807) is 25.1 Å². The lowest BCUT2D eigenvalue weighted by Gasteiger charge is -2.17. The second kappa shape index (κ2) is 7.04. The Kier molecular flexibility index (Phi) is 5.24. The second-order valence-corrected chi connectivity index (χ2v) is 5.34. The zero-order valence-electron chi connectivity index (χ0n) is 14.1. The highest BCUT2D eigenvalue weighted by atomic mass is 19.4. The summed E-state index contributed by atoms with van der Waals surface area (Å²) in [4.78, 5) is 12.3. The van der Waals surface area contributed by atoms with Crippen LogP contribution in [0.3, 0.4) is 0 Å². The third-order valence-electron chi connectivity index (χ3n) is 3.71. The van der Waals surface area contributed by atoms with Crippen LogP contribution in [-0.4, -0.2) is 29.9 Å². The Morgan fingerprint density at radius 1 is 1.24 bits per heavy atom. The molecule has 1 N–H and O–H groups in total. The van der Waals surface area contributed by atoms with Crippen molar-refractivity contribution in [2.75, 3.05) is 14.2 Å². The van der Waals surface area contributed by atoms with E-state index >= 15 is 0 Å². The SMILES string of the molecule is COc1ccc(C(C)NC(=O)c2cnn(C)c2C(F)(F)F)cc1OC. The molecule has 0 aliphatic heterocycles. The highest BCUT2D eigenvalue weighted by Gasteiger charge is 2.39. The fraction of sp³-hybridized carbons (Fsp3) is 0.375. The molecule has 1 aromatic carbocycles. The number of amides is 1. The summed E-state index contributed by atoms with van der Waals surface area (Å²) in [5.41, 5.74) is -0.963. The zero-order chi connectivity index (χ0) is 18.8. The van der Waals surface area contributed by atoms with Crippen LogP contribution in [0, 0.1) is 0 Å². The van der Waals surface area contributed by atoms with Crippen molar-refractivity contribution in [3.05, 3.63) is 41.2 Å². The molecule has 1 amide bonds. The number of carbonyl (C=O) groups excluding carboxylic acids is 1. The number of methoxy groups -OCH3 is 2. The highest BCUT2D eigenvalue weighted by Crippen LogP contribution is 2.32. The number of nitrogens with zero attached hydrogens (tertiary/aromatic N) is 2. The van der Waals surface area contributed by atoms with E-state index in [1.807, 2.05) is 0 Å². The summed E-state index contributed by atoms with van der Waals surface area (Å²) in [5, 5.41) is 6.07. The van der Waals surface area contributed by atoms with Gasteiger partial charge in [0.05, 0.1) is 32.0 Å². The summed E-state index contributed by atoms with van der Waals surface area (Å²) in [7, 11) is 4.09. The van der Waals surface area contributed by atoms with Crippen LogP contribution in [0.2, 0.25) is 0 Å². The Labute approximate surface area is 142 Å². The number of hydrogen-bond donors (Lipinski definition) is 1. The lowest BCUT2D eigenvalue weighted by molar-refractivity contribution is -0.144. The number of benzene rings is 1. The predicted molar refractivity (Wildman–Crippen MR) is 83.6 cm³/mol. The van der Waals surface area contributed by atoms with Crippen molar-refractivity contribution in [2.45, 2.75) is 19.1 Å². The molecule has 2 rings (SSSR count). The molecule has 0 spiro atoms. The Morgan fingerprint density at radius 3 is 2.44 bits per heavy atom.